The van der Waals surface area contributed by atoms with Gasteiger partial charge in [-0.15, -0.1) is 0 Å². The summed E-state index contributed by atoms with van der Waals surface area (Å²) in [4.78, 5) is 11.5. The summed E-state index contributed by atoms with van der Waals surface area (Å²) in [5.74, 6) is -0.564. The van der Waals surface area contributed by atoms with Crippen LogP contribution in [0.1, 0.15) is 29.6 Å². The van der Waals surface area contributed by atoms with Crippen LogP contribution in [0.2, 0.25) is 0 Å². The van der Waals surface area contributed by atoms with E-state index in [1.807, 2.05) is 0 Å². The maximum atomic E-state index is 12.2. The molecule has 0 unspecified atom stereocenters. The zero-order chi connectivity index (χ0) is 15.3. The van der Waals surface area contributed by atoms with E-state index in [-0.39, 0.29) is 16.6 Å². The molecule has 0 saturated carbocycles. The fourth-order valence-corrected chi connectivity index (χ4v) is 3.31. The first kappa shape index (κ1) is 15.9. The SMILES string of the molecule is COC(=O)c1cccc(S(=O)(=O)NCC[C@H]2CCCO2)c1. The Morgan fingerprint density at radius 2 is 2.29 bits per heavy atom. The summed E-state index contributed by atoms with van der Waals surface area (Å²) in [6, 6.07) is 5.78. The predicted molar refractivity (Wildman–Crippen MR) is 76.6 cm³/mol. The van der Waals surface area contributed by atoms with Crippen LogP contribution >= 0.6 is 0 Å². The van der Waals surface area contributed by atoms with Gasteiger partial charge in [0.25, 0.3) is 0 Å². The lowest BCUT2D eigenvalue weighted by Gasteiger charge is -2.11. The molecular weight excluding hydrogens is 294 g/mol. The van der Waals surface area contributed by atoms with Gasteiger partial charge in [-0.3, -0.25) is 0 Å². The summed E-state index contributed by atoms with van der Waals surface area (Å²) in [6.07, 6.45) is 2.78. The van der Waals surface area contributed by atoms with Crippen LogP contribution in [0.4, 0.5) is 0 Å². The molecule has 0 aromatic heterocycles. The molecule has 1 atom stereocenters. The summed E-state index contributed by atoms with van der Waals surface area (Å²) >= 11 is 0. The molecule has 7 heteroatoms. The molecule has 0 amide bonds. The van der Waals surface area contributed by atoms with E-state index in [2.05, 4.69) is 9.46 Å². The van der Waals surface area contributed by atoms with Crippen molar-refractivity contribution >= 4 is 16.0 Å². The number of esters is 1. The van der Waals surface area contributed by atoms with Crippen LogP contribution in [0.15, 0.2) is 29.2 Å². The normalized spacial score (nSPS) is 18.6. The van der Waals surface area contributed by atoms with E-state index in [4.69, 9.17) is 4.74 Å². The van der Waals surface area contributed by atoms with Crippen LogP contribution in [-0.4, -0.2) is 40.8 Å². The van der Waals surface area contributed by atoms with E-state index in [0.717, 1.165) is 19.4 Å². The topological polar surface area (TPSA) is 81.7 Å². The van der Waals surface area contributed by atoms with Gasteiger partial charge in [-0.1, -0.05) is 6.07 Å². The first-order valence-electron chi connectivity index (χ1n) is 6.82. The molecule has 6 nitrogen and oxygen atoms in total. The minimum Gasteiger partial charge on any atom is -0.465 e. The molecule has 1 aromatic rings. The highest BCUT2D eigenvalue weighted by Crippen LogP contribution is 2.16. The second-order valence-electron chi connectivity index (χ2n) is 4.84. The molecule has 1 aliphatic heterocycles. The third-order valence-corrected chi connectivity index (χ3v) is 4.81. The van der Waals surface area contributed by atoms with Gasteiger partial charge in [0.1, 0.15) is 0 Å². The van der Waals surface area contributed by atoms with Crippen molar-refractivity contribution in [3.8, 4) is 0 Å². The Hall–Kier alpha value is -1.44. The summed E-state index contributed by atoms with van der Waals surface area (Å²) < 4.78 is 36.9. The Morgan fingerprint density at radius 3 is 2.95 bits per heavy atom. The predicted octanol–water partition coefficient (Wildman–Crippen LogP) is 1.32. The average molecular weight is 313 g/mol. The largest absolute Gasteiger partial charge is 0.465 e. The lowest BCUT2D eigenvalue weighted by Crippen LogP contribution is -2.27. The van der Waals surface area contributed by atoms with E-state index in [9.17, 15) is 13.2 Å². The summed E-state index contributed by atoms with van der Waals surface area (Å²) in [7, 11) is -2.38. The number of nitrogens with one attached hydrogen (secondary N) is 1. The van der Waals surface area contributed by atoms with Gasteiger partial charge in [0.05, 0.1) is 23.7 Å². The van der Waals surface area contributed by atoms with E-state index in [0.29, 0.717) is 13.0 Å². The van der Waals surface area contributed by atoms with Crippen LogP contribution in [0.25, 0.3) is 0 Å². The minimum atomic E-state index is -3.63. The van der Waals surface area contributed by atoms with Gasteiger partial charge >= 0.3 is 5.97 Å². The molecule has 21 heavy (non-hydrogen) atoms. The van der Waals surface area contributed by atoms with Crippen LogP contribution in [-0.2, 0) is 19.5 Å². The van der Waals surface area contributed by atoms with Gasteiger partial charge in [0.15, 0.2) is 0 Å². The molecule has 0 bridgehead atoms. The second-order valence-corrected chi connectivity index (χ2v) is 6.61. The third kappa shape index (κ3) is 4.26. The van der Waals surface area contributed by atoms with Gasteiger partial charge in [-0.2, -0.15) is 0 Å². The Kier molecular flexibility index (Phi) is 5.33. The Morgan fingerprint density at radius 1 is 1.48 bits per heavy atom. The van der Waals surface area contributed by atoms with Crippen LogP contribution in [0, 0.1) is 0 Å². The number of rotatable bonds is 6. The van der Waals surface area contributed by atoms with Gasteiger partial charge in [0, 0.05) is 13.2 Å². The number of hydrogen-bond acceptors (Lipinski definition) is 5. The average Bonchev–Trinajstić information content (AvgIpc) is 2.99. The highest BCUT2D eigenvalue weighted by atomic mass is 32.2. The van der Waals surface area contributed by atoms with E-state index in [1.165, 1.54) is 31.4 Å². The van der Waals surface area contributed by atoms with Crippen molar-refractivity contribution in [1.29, 1.82) is 0 Å². The maximum Gasteiger partial charge on any atom is 0.337 e. The maximum absolute atomic E-state index is 12.2. The first-order chi connectivity index (χ1) is 10.0. The molecule has 0 radical (unpaired) electrons. The van der Waals surface area contributed by atoms with E-state index >= 15 is 0 Å². The lowest BCUT2D eigenvalue weighted by molar-refractivity contribution is 0.0600. The van der Waals surface area contributed by atoms with E-state index < -0.39 is 16.0 Å². The zero-order valence-corrected chi connectivity index (χ0v) is 12.7. The number of hydrogen-bond donors (Lipinski definition) is 1. The van der Waals surface area contributed by atoms with E-state index in [1.54, 1.807) is 0 Å². The second kappa shape index (κ2) is 7.02. The molecule has 0 aliphatic carbocycles. The number of methoxy groups -OCH3 is 1. The van der Waals surface area contributed by atoms with Gasteiger partial charge in [0.2, 0.25) is 10.0 Å². The van der Waals surface area contributed by atoms with Crippen molar-refractivity contribution in [3.05, 3.63) is 29.8 Å². The molecule has 1 aromatic carbocycles. The Labute approximate surface area is 124 Å². The van der Waals surface area contributed by atoms with Crippen molar-refractivity contribution in [2.24, 2.45) is 0 Å². The van der Waals surface area contributed by atoms with Crippen molar-refractivity contribution in [1.82, 2.24) is 4.72 Å². The molecule has 1 fully saturated rings. The number of ether oxygens (including phenoxy) is 2. The molecule has 1 N–H and O–H groups in total. The van der Waals surface area contributed by atoms with Gasteiger partial charge < -0.3 is 9.47 Å². The highest BCUT2D eigenvalue weighted by molar-refractivity contribution is 7.89. The minimum absolute atomic E-state index is 0.0535. The molecule has 0 spiro atoms. The smallest absolute Gasteiger partial charge is 0.337 e. The Bertz CT molecular complexity index is 593. The first-order valence-corrected chi connectivity index (χ1v) is 8.31. The molecule has 116 valence electrons. The molecule has 1 saturated heterocycles. The fraction of sp³-hybridized carbons (Fsp3) is 0.500. The third-order valence-electron chi connectivity index (χ3n) is 3.35. The monoisotopic (exact) mass is 313 g/mol. The van der Waals surface area contributed by atoms with Gasteiger partial charge in [-0.05, 0) is 37.5 Å². The molecule has 1 heterocycles. The van der Waals surface area contributed by atoms with Crippen molar-refractivity contribution < 1.29 is 22.7 Å². The van der Waals surface area contributed by atoms with Gasteiger partial charge in [-0.25, -0.2) is 17.9 Å². The number of benzene rings is 1. The molecule has 1 aliphatic rings. The fourth-order valence-electron chi connectivity index (χ4n) is 2.22. The summed E-state index contributed by atoms with van der Waals surface area (Å²) in [5.41, 5.74) is 0.208. The quantitative estimate of drug-likeness (QED) is 0.801. The van der Waals surface area contributed by atoms with Crippen molar-refractivity contribution in [2.45, 2.75) is 30.3 Å². The van der Waals surface area contributed by atoms with Crippen LogP contribution in [0.5, 0.6) is 0 Å². The number of sulfonamides is 1. The molecule has 2 rings (SSSR count). The van der Waals surface area contributed by atoms with Crippen LogP contribution < -0.4 is 4.72 Å². The van der Waals surface area contributed by atoms with Crippen molar-refractivity contribution in [2.75, 3.05) is 20.3 Å². The van der Waals surface area contributed by atoms with Crippen molar-refractivity contribution in [3.63, 3.8) is 0 Å². The summed E-state index contributed by atoms with van der Waals surface area (Å²) in [6.45, 7) is 1.06. The zero-order valence-electron chi connectivity index (χ0n) is 11.9. The van der Waals surface area contributed by atoms with Crippen LogP contribution in [0.3, 0.4) is 0 Å². The Balaban J connectivity index is 1.99. The number of carbonyl (C=O) groups excluding carboxylic acids is 1. The molecular formula is C14H19NO5S. The number of carbonyl (C=O) groups is 1. The highest BCUT2D eigenvalue weighted by Gasteiger charge is 2.19. The summed E-state index contributed by atoms with van der Waals surface area (Å²) in [5, 5.41) is 0. The lowest BCUT2D eigenvalue weighted by atomic mass is 10.2. The standard InChI is InChI=1S/C14H19NO5S/c1-19-14(16)11-4-2-6-13(10-11)21(17,18)15-8-7-12-5-3-9-20-12/h2,4,6,10,12,15H,3,5,7-9H2,1H3/t12-/m1/s1.